The number of hydrogen-bond acceptors (Lipinski definition) is 4. The summed E-state index contributed by atoms with van der Waals surface area (Å²) >= 11 is 0. The molecule has 4 saturated carbocycles. The van der Waals surface area contributed by atoms with Gasteiger partial charge in [0.2, 0.25) is 0 Å². The van der Waals surface area contributed by atoms with Crippen LogP contribution in [0.2, 0.25) is 0 Å². The van der Waals surface area contributed by atoms with E-state index in [0.29, 0.717) is 48.6 Å². The first kappa shape index (κ1) is 22.3. The van der Waals surface area contributed by atoms with Crippen LogP contribution in [0.5, 0.6) is 0 Å². The van der Waals surface area contributed by atoms with Crippen LogP contribution in [0.3, 0.4) is 0 Å². The third-order valence-electron chi connectivity index (χ3n) is 12.3. The van der Waals surface area contributed by atoms with Gasteiger partial charge in [0, 0.05) is 24.2 Å². The zero-order valence-electron chi connectivity index (χ0n) is 20.3. The number of hydrogen-bond donors (Lipinski definition) is 3. The van der Waals surface area contributed by atoms with Crippen molar-refractivity contribution in [1.82, 2.24) is 0 Å². The zero-order chi connectivity index (χ0) is 22.6. The highest BCUT2D eigenvalue weighted by atomic mass is 16.6. The first-order chi connectivity index (χ1) is 15.0. The Balaban J connectivity index is 1.32. The maximum Gasteiger partial charge on any atom is 0.118 e. The first-order valence-corrected chi connectivity index (χ1v) is 13.7. The number of quaternary nitrogens is 1. The van der Waals surface area contributed by atoms with E-state index in [4.69, 9.17) is 0 Å². The molecular weight excluding hydrogens is 402 g/mol. The summed E-state index contributed by atoms with van der Waals surface area (Å²) in [5, 5.41) is 47.5. The standard InChI is InChI=1S/C27H45NO4/c1-15-4-7-25-27(3,31)21-6-5-17-18(20(21)14-28(25,32)13-15)11-22-19(17)12-24(30)23-10-16(29)8-9-26(22,23)2/h15-25,29-31H,4-14H2,1-3H3/t15-,16-,17+,18+,19-,20-,21-,22-,23+,24-,25-,26+,27-,28?/m0/s1. The van der Waals surface area contributed by atoms with E-state index in [0.717, 1.165) is 51.4 Å². The van der Waals surface area contributed by atoms with Gasteiger partial charge in [-0.1, -0.05) is 13.8 Å². The van der Waals surface area contributed by atoms with Gasteiger partial charge in [0.25, 0.3) is 0 Å². The summed E-state index contributed by atoms with van der Waals surface area (Å²) in [5.74, 6) is 3.50. The Labute approximate surface area is 193 Å². The third-order valence-corrected chi connectivity index (χ3v) is 12.3. The second kappa shape index (κ2) is 7.16. The molecule has 0 bridgehead atoms. The van der Waals surface area contributed by atoms with Gasteiger partial charge in [0.15, 0.2) is 0 Å². The predicted octanol–water partition coefficient (Wildman–Crippen LogP) is 3.69. The van der Waals surface area contributed by atoms with Crippen molar-refractivity contribution in [3.63, 3.8) is 0 Å². The molecule has 3 N–H and O–H groups in total. The number of piperidine rings is 2. The van der Waals surface area contributed by atoms with Gasteiger partial charge in [-0.3, -0.25) is 0 Å². The van der Waals surface area contributed by atoms with Crippen molar-refractivity contribution in [2.75, 3.05) is 13.1 Å². The van der Waals surface area contributed by atoms with Gasteiger partial charge in [-0.2, -0.15) is 0 Å². The van der Waals surface area contributed by atoms with E-state index in [1.54, 1.807) is 0 Å². The molecular formula is C27H45NO4. The van der Waals surface area contributed by atoms with Crippen molar-refractivity contribution in [3.05, 3.63) is 5.21 Å². The molecule has 0 aromatic carbocycles. The summed E-state index contributed by atoms with van der Waals surface area (Å²) in [7, 11) is 0. The van der Waals surface area contributed by atoms with Crippen LogP contribution >= 0.6 is 0 Å². The molecule has 5 heteroatoms. The lowest BCUT2D eigenvalue weighted by Crippen LogP contribution is -2.73. The summed E-state index contributed by atoms with van der Waals surface area (Å²) < 4.78 is -0.164. The third kappa shape index (κ3) is 2.93. The van der Waals surface area contributed by atoms with Crippen molar-refractivity contribution in [3.8, 4) is 0 Å². The Kier molecular flexibility index (Phi) is 4.99. The molecule has 1 unspecified atom stereocenters. The number of rotatable bonds is 0. The molecule has 0 radical (unpaired) electrons. The summed E-state index contributed by atoms with van der Waals surface area (Å²) in [6.45, 7) is 7.99. The summed E-state index contributed by atoms with van der Waals surface area (Å²) in [6, 6.07) is -0.149. The average molecular weight is 448 g/mol. The minimum Gasteiger partial charge on any atom is -0.633 e. The molecule has 2 saturated heterocycles. The molecule has 6 aliphatic rings. The quantitative estimate of drug-likeness (QED) is 0.391. The van der Waals surface area contributed by atoms with E-state index in [1.807, 2.05) is 6.92 Å². The number of nitrogens with zero attached hydrogens (tertiary/aromatic N) is 1. The highest BCUT2D eigenvalue weighted by molar-refractivity contribution is 5.13. The summed E-state index contributed by atoms with van der Waals surface area (Å²) in [5.41, 5.74) is -0.748. The lowest BCUT2D eigenvalue weighted by atomic mass is 9.51. The second-order valence-corrected chi connectivity index (χ2v) is 13.8. The van der Waals surface area contributed by atoms with Crippen LogP contribution in [0.4, 0.5) is 0 Å². The van der Waals surface area contributed by atoms with Gasteiger partial charge < -0.3 is 25.2 Å². The van der Waals surface area contributed by atoms with Gasteiger partial charge in [-0.15, -0.1) is 0 Å². The lowest BCUT2D eigenvalue weighted by Gasteiger charge is -2.66. The average Bonchev–Trinajstić information content (AvgIpc) is 3.08. The predicted molar refractivity (Wildman–Crippen MR) is 123 cm³/mol. The number of aliphatic hydroxyl groups excluding tert-OH is 2. The van der Waals surface area contributed by atoms with E-state index in [-0.39, 0.29) is 40.1 Å². The molecule has 0 spiro atoms. The SMILES string of the molecule is C[C@H]1CC[C@H]2[C@@](C)(O)[C@H]3CC[C@@H]4[C@@H](C[C@H]5[C@H]4C[C@H](O)[C@H]4C[C@@H](O)CC[C@@]45C)[C@@H]3C[N+]2([O-])C1. The second-order valence-electron chi connectivity index (χ2n) is 13.8. The monoisotopic (exact) mass is 447 g/mol. The molecule has 32 heavy (non-hydrogen) atoms. The van der Waals surface area contributed by atoms with Gasteiger partial charge >= 0.3 is 0 Å². The highest BCUT2D eigenvalue weighted by Gasteiger charge is 2.66. The fraction of sp³-hybridized carbons (Fsp3) is 1.00. The number of hydroxylamine groups is 3. The maximum atomic E-state index is 14.2. The van der Waals surface area contributed by atoms with Crippen molar-refractivity contribution in [2.45, 2.75) is 102 Å². The van der Waals surface area contributed by atoms with Crippen LogP contribution in [-0.4, -0.2) is 56.9 Å². The Morgan fingerprint density at radius 1 is 0.781 bits per heavy atom. The van der Waals surface area contributed by atoms with Gasteiger partial charge in [0.1, 0.15) is 11.6 Å². The molecule has 2 heterocycles. The molecule has 2 aliphatic heterocycles. The number of fused-ring (bicyclic) bond motifs is 8. The Morgan fingerprint density at radius 3 is 2.34 bits per heavy atom. The van der Waals surface area contributed by atoms with E-state index in [1.165, 1.54) is 6.42 Å². The van der Waals surface area contributed by atoms with Crippen molar-refractivity contribution in [2.24, 2.45) is 52.8 Å². The van der Waals surface area contributed by atoms with Crippen LogP contribution < -0.4 is 0 Å². The van der Waals surface area contributed by atoms with Crippen molar-refractivity contribution >= 4 is 0 Å². The van der Waals surface area contributed by atoms with Crippen molar-refractivity contribution in [1.29, 1.82) is 0 Å². The maximum absolute atomic E-state index is 14.2. The lowest BCUT2D eigenvalue weighted by molar-refractivity contribution is -0.933. The fourth-order valence-electron chi connectivity index (χ4n) is 11.0. The van der Waals surface area contributed by atoms with Crippen LogP contribution in [0, 0.1) is 58.0 Å². The molecule has 6 rings (SSSR count). The summed E-state index contributed by atoms with van der Waals surface area (Å²) in [4.78, 5) is 0. The molecule has 5 nitrogen and oxygen atoms in total. The molecule has 4 aliphatic carbocycles. The van der Waals surface area contributed by atoms with Crippen LogP contribution in [0.25, 0.3) is 0 Å². The molecule has 0 aromatic rings. The van der Waals surface area contributed by atoms with Crippen LogP contribution in [-0.2, 0) is 0 Å². The van der Waals surface area contributed by atoms with Crippen LogP contribution in [0.1, 0.15) is 78.6 Å². The highest BCUT2D eigenvalue weighted by Crippen LogP contribution is 2.67. The van der Waals surface area contributed by atoms with Gasteiger partial charge in [-0.05, 0) is 93.3 Å². The van der Waals surface area contributed by atoms with Gasteiger partial charge in [-0.25, -0.2) is 0 Å². The normalized spacial score (nSPS) is 64.0. The van der Waals surface area contributed by atoms with E-state index < -0.39 is 5.60 Å². The smallest absolute Gasteiger partial charge is 0.118 e. The Morgan fingerprint density at radius 2 is 1.56 bits per heavy atom. The van der Waals surface area contributed by atoms with E-state index >= 15 is 0 Å². The minimum atomic E-state index is -0.857. The first-order valence-electron chi connectivity index (χ1n) is 13.7. The molecule has 0 aromatic heterocycles. The van der Waals surface area contributed by atoms with Gasteiger partial charge in [0.05, 0.1) is 25.3 Å². The zero-order valence-corrected chi connectivity index (χ0v) is 20.3. The fourth-order valence-corrected chi connectivity index (χ4v) is 11.0. The molecule has 182 valence electrons. The van der Waals surface area contributed by atoms with Crippen LogP contribution in [0.15, 0.2) is 0 Å². The van der Waals surface area contributed by atoms with E-state index in [9.17, 15) is 20.5 Å². The number of aliphatic hydroxyl groups is 3. The van der Waals surface area contributed by atoms with Crippen molar-refractivity contribution < 1.29 is 20.0 Å². The Bertz CT molecular complexity index is 753. The topological polar surface area (TPSA) is 83.8 Å². The minimum absolute atomic E-state index is 0.109. The summed E-state index contributed by atoms with van der Waals surface area (Å²) in [6.07, 6.45) is 8.25. The largest absolute Gasteiger partial charge is 0.633 e. The molecule has 0 amide bonds. The molecule has 14 atom stereocenters. The Hall–Kier alpha value is -0.200. The van der Waals surface area contributed by atoms with E-state index in [2.05, 4.69) is 13.8 Å². The molecule has 6 fully saturated rings.